The van der Waals surface area contributed by atoms with E-state index in [9.17, 15) is 9.18 Å². The van der Waals surface area contributed by atoms with Gasteiger partial charge in [0.05, 0.1) is 5.02 Å². The fraction of sp³-hybridized carbons (Fsp3) is 0.214. The van der Waals surface area contributed by atoms with Crippen molar-refractivity contribution in [2.75, 3.05) is 12.3 Å². The van der Waals surface area contributed by atoms with Crippen molar-refractivity contribution in [3.8, 4) is 0 Å². The number of aromatic nitrogens is 1. The van der Waals surface area contributed by atoms with Crippen molar-refractivity contribution in [2.45, 2.75) is 5.75 Å². The van der Waals surface area contributed by atoms with E-state index in [0.717, 1.165) is 0 Å². The summed E-state index contributed by atoms with van der Waals surface area (Å²) in [6.45, 7) is 0.478. The second-order valence-corrected chi connectivity index (χ2v) is 6.14. The molecule has 1 heterocycles. The minimum Gasteiger partial charge on any atom is -0.350 e. The van der Waals surface area contributed by atoms with Gasteiger partial charge in [0, 0.05) is 18.1 Å². The number of nitrogens with one attached hydrogen (secondary N) is 2. The second-order valence-electron chi connectivity index (χ2n) is 4.24. The Morgan fingerprint density at radius 1 is 1.33 bits per heavy atom. The van der Waals surface area contributed by atoms with Crippen molar-refractivity contribution in [3.05, 3.63) is 57.6 Å². The quantitative estimate of drug-likeness (QED) is 0.772. The van der Waals surface area contributed by atoms with Crippen LogP contribution in [0.25, 0.3) is 0 Å². The number of hydrogen-bond acceptors (Lipinski definition) is 2. The molecule has 2 aromatic rings. The Balaban J connectivity index is 1.70. The van der Waals surface area contributed by atoms with Gasteiger partial charge in [-0.25, -0.2) is 4.39 Å². The van der Waals surface area contributed by atoms with Crippen LogP contribution in [0, 0.1) is 5.82 Å². The molecule has 0 unspecified atom stereocenters. The van der Waals surface area contributed by atoms with Crippen molar-refractivity contribution in [1.82, 2.24) is 10.3 Å². The molecule has 2 rings (SSSR count). The molecule has 1 aromatic carbocycles. The molecule has 112 valence electrons. The number of thioether (sulfide) groups is 1. The van der Waals surface area contributed by atoms with E-state index in [1.54, 1.807) is 30.0 Å². The highest BCUT2D eigenvalue weighted by atomic mass is 35.5. The van der Waals surface area contributed by atoms with Crippen LogP contribution in [0.2, 0.25) is 10.2 Å². The number of benzene rings is 1. The lowest BCUT2D eigenvalue weighted by molar-refractivity contribution is 0.0952. The normalized spacial score (nSPS) is 10.6. The lowest BCUT2D eigenvalue weighted by Crippen LogP contribution is -2.26. The molecule has 0 atom stereocenters. The standard InChI is InChI=1S/C14H13Cl2FN2OS/c15-10-7-12(19-13(10)16)14(20)18-5-6-21-8-9-3-1-2-4-11(9)17/h1-4,7,19H,5-6,8H2,(H,18,20). The first-order valence-electron chi connectivity index (χ1n) is 6.21. The molecule has 0 aliphatic carbocycles. The van der Waals surface area contributed by atoms with Gasteiger partial charge in [-0.1, -0.05) is 41.4 Å². The molecule has 7 heteroatoms. The van der Waals surface area contributed by atoms with E-state index < -0.39 is 0 Å². The highest BCUT2D eigenvalue weighted by molar-refractivity contribution is 7.98. The van der Waals surface area contributed by atoms with E-state index in [2.05, 4.69) is 10.3 Å². The molecular formula is C14H13Cl2FN2OS. The Labute approximate surface area is 136 Å². The molecule has 0 bridgehead atoms. The number of H-pyrrole nitrogens is 1. The Hall–Kier alpha value is -1.17. The van der Waals surface area contributed by atoms with Gasteiger partial charge in [-0.3, -0.25) is 4.79 Å². The summed E-state index contributed by atoms with van der Waals surface area (Å²) in [5.41, 5.74) is 0.987. The Kier molecular flexibility index (Phi) is 5.96. The van der Waals surface area contributed by atoms with Crippen LogP contribution in [0.1, 0.15) is 16.1 Å². The molecule has 0 aliphatic heterocycles. The second kappa shape index (κ2) is 7.73. The van der Waals surface area contributed by atoms with Crippen LogP contribution in [0.3, 0.4) is 0 Å². The van der Waals surface area contributed by atoms with E-state index in [4.69, 9.17) is 23.2 Å². The minimum atomic E-state index is -0.268. The molecule has 0 aliphatic rings. The number of carbonyl (C=O) groups excluding carboxylic acids is 1. The van der Waals surface area contributed by atoms with Crippen molar-refractivity contribution < 1.29 is 9.18 Å². The summed E-state index contributed by atoms with van der Waals surface area (Å²) in [7, 11) is 0. The van der Waals surface area contributed by atoms with Gasteiger partial charge in [0.2, 0.25) is 0 Å². The first-order valence-corrected chi connectivity index (χ1v) is 8.12. The summed E-state index contributed by atoms with van der Waals surface area (Å²) in [5.74, 6) is 0.783. The number of rotatable bonds is 6. The van der Waals surface area contributed by atoms with Gasteiger partial charge in [-0.05, 0) is 17.7 Å². The maximum atomic E-state index is 13.4. The predicted molar refractivity (Wildman–Crippen MR) is 85.7 cm³/mol. The molecule has 3 nitrogen and oxygen atoms in total. The van der Waals surface area contributed by atoms with Crippen LogP contribution in [-0.4, -0.2) is 23.2 Å². The number of halogens is 3. The monoisotopic (exact) mass is 346 g/mol. The van der Waals surface area contributed by atoms with Crippen molar-refractivity contribution in [1.29, 1.82) is 0 Å². The SMILES string of the molecule is O=C(NCCSCc1ccccc1F)c1cc(Cl)c(Cl)[nH]1. The van der Waals surface area contributed by atoms with E-state index in [-0.39, 0.29) is 16.9 Å². The molecule has 0 saturated heterocycles. The zero-order valence-electron chi connectivity index (χ0n) is 11.0. The highest BCUT2D eigenvalue weighted by Crippen LogP contribution is 2.21. The van der Waals surface area contributed by atoms with Crippen LogP contribution in [-0.2, 0) is 5.75 Å². The van der Waals surface area contributed by atoms with Gasteiger partial charge < -0.3 is 10.3 Å². The van der Waals surface area contributed by atoms with E-state index >= 15 is 0 Å². The van der Waals surface area contributed by atoms with Crippen molar-refractivity contribution in [2.24, 2.45) is 0 Å². The largest absolute Gasteiger partial charge is 0.350 e. The number of hydrogen-bond donors (Lipinski definition) is 2. The number of amides is 1. The molecule has 0 spiro atoms. The summed E-state index contributed by atoms with van der Waals surface area (Å²) in [6.07, 6.45) is 0. The summed E-state index contributed by atoms with van der Waals surface area (Å²) < 4.78 is 13.4. The average Bonchev–Trinajstić information content (AvgIpc) is 2.80. The smallest absolute Gasteiger partial charge is 0.267 e. The number of carbonyl (C=O) groups is 1. The Morgan fingerprint density at radius 3 is 2.76 bits per heavy atom. The van der Waals surface area contributed by atoms with Crippen LogP contribution in [0.5, 0.6) is 0 Å². The molecule has 0 radical (unpaired) electrons. The third-order valence-electron chi connectivity index (χ3n) is 2.72. The molecule has 0 fully saturated rings. The summed E-state index contributed by atoms with van der Waals surface area (Å²) in [5, 5.41) is 3.30. The average molecular weight is 347 g/mol. The summed E-state index contributed by atoms with van der Waals surface area (Å²) in [4.78, 5) is 14.5. The van der Waals surface area contributed by atoms with Crippen LogP contribution in [0.15, 0.2) is 30.3 Å². The van der Waals surface area contributed by atoms with Gasteiger partial charge in [0.25, 0.3) is 5.91 Å². The lowest BCUT2D eigenvalue weighted by Gasteiger charge is -2.05. The highest BCUT2D eigenvalue weighted by Gasteiger charge is 2.10. The number of aromatic amines is 1. The van der Waals surface area contributed by atoms with E-state index in [1.165, 1.54) is 12.1 Å². The van der Waals surface area contributed by atoms with E-state index in [1.807, 2.05) is 0 Å². The lowest BCUT2D eigenvalue weighted by atomic mass is 10.2. The van der Waals surface area contributed by atoms with Gasteiger partial charge in [-0.2, -0.15) is 11.8 Å². The molecular weight excluding hydrogens is 334 g/mol. The topological polar surface area (TPSA) is 44.9 Å². The maximum Gasteiger partial charge on any atom is 0.267 e. The zero-order chi connectivity index (χ0) is 15.2. The molecule has 21 heavy (non-hydrogen) atoms. The molecule has 1 aromatic heterocycles. The summed E-state index contributed by atoms with van der Waals surface area (Å²) >= 11 is 13.0. The van der Waals surface area contributed by atoms with Crippen LogP contribution in [0.4, 0.5) is 4.39 Å². The van der Waals surface area contributed by atoms with Gasteiger partial charge in [-0.15, -0.1) is 0 Å². The first-order chi connectivity index (χ1) is 10.1. The Morgan fingerprint density at radius 2 is 2.10 bits per heavy atom. The molecule has 2 N–H and O–H groups in total. The molecule has 0 saturated carbocycles. The first kappa shape index (κ1) is 16.2. The fourth-order valence-corrected chi connectivity index (χ4v) is 2.81. The minimum absolute atomic E-state index is 0.204. The van der Waals surface area contributed by atoms with E-state index in [0.29, 0.717) is 34.3 Å². The van der Waals surface area contributed by atoms with Crippen molar-refractivity contribution in [3.63, 3.8) is 0 Å². The third-order valence-corrected chi connectivity index (χ3v) is 4.42. The third kappa shape index (κ3) is 4.66. The van der Waals surface area contributed by atoms with Gasteiger partial charge in [0.15, 0.2) is 0 Å². The summed E-state index contributed by atoms with van der Waals surface area (Å²) in [6, 6.07) is 8.14. The van der Waals surface area contributed by atoms with Crippen LogP contribution >= 0.6 is 35.0 Å². The molecule has 1 amide bonds. The van der Waals surface area contributed by atoms with Crippen LogP contribution < -0.4 is 5.32 Å². The fourth-order valence-electron chi connectivity index (χ4n) is 1.66. The zero-order valence-corrected chi connectivity index (χ0v) is 13.3. The van der Waals surface area contributed by atoms with Crippen molar-refractivity contribution >= 4 is 40.9 Å². The predicted octanol–water partition coefficient (Wildman–Crippen LogP) is 4.12. The van der Waals surface area contributed by atoms with Gasteiger partial charge >= 0.3 is 0 Å². The maximum absolute atomic E-state index is 13.4. The van der Waals surface area contributed by atoms with Gasteiger partial charge in [0.1, 0.15) is 16.7 Å². The Bertz CT molecular complexity index is 614.